The number of primary amides is 1. The molecule has 5 N–H and O–H groups in total. The van der Waals surface area contributed by atoms with E-state index in [2.05, 4.69) is 10.4 Å². The maximum absolute atomic E-state index is 15.4. The lowest BCUT2D eigenvalue weighted by atomic mass is 9.71. The highest BCUT2D eigenvalue weighted by atomic mass is 19.3. The number of carboxylic acid groups (broad SMARTS) is 1. The number of benzene rings is 1. The van der Waals surface area contributed by atoms with E-state index in [1.165, 1.54) is 12.1 Å². The Hall–Kier alpha value is -3.79. The molecule has 1 saturated heterocycles. The Balaban J connectivity index is 2.09. The van der Waals surface area contributed by atoms with Crippen LogP contribution < -0.4 is 11.1 Å². The summed E-state index contributed by atoms with van der Waals surface area (Å²) in [7, 11) is 0. The predicted octanol–water partition coefficient (Wildman–Crippen LogP) is 2.66. The van der Waals surface area contributed by atoms with Gasteiger partial charge in [-0.2, -0.15) is 19.1 Å². The van der Waals surface area contributed by atoms with Crippen molar-refractivity contribution in [1.82, 2.24) is 14.7 Å². The third-order valence-corrected chi connectivity index (χ3v) is 5.65. The van der Waals surface area contributed by atoms with Crippen molar-refractivity contribution in [2.75, 3.05) is 18.5 Å². The second-order valence-corrected chi connectivity index (χ2v) is 7.56. The molecule has 33 heavy (non-hydrogen) atoms. The minimum atomic E-state index is -4.12. The average Bonchev–Trinajstić information content (AvgIpc) is 3.17. The van der Waals surface area contributed by atoms with Crippen LogP contribution in [0.4, 0.5) is 29.5 Å². The molecule has 0 bridgehead atoms. The smallest absolute Gasteiger partial charge is 0.411 e. The number of piperidine rings is 1. The van der Waals surface area contributed by atoms with Crippen molar-refractivity contribution in [2.45, 2.75) is 31.4 Å². The number of likely N-dealkylation sites (tertiary alicyclic amines) is 1. The van der Waals surface area contributed by atoms with Crippen LogP contribution >= 0.6 is 0 Å². The quantitative estimate of drug-likeness (QED) is 0.457. The first-order chi connectivity index (χ1) is 15.6. The summed E-state index contributed by atoms with van der Waals surface area (Å²) in [5, 5.41) is 35.3. The van der Waals surface area contributed by atoms with E-state index in [1.54, 1.807) is 6.07 Å². The third kappa shape index (κ3) is 4.17. The van der Waals surface area contributed by atoms with Gasteiger partial charge in [0, 0.05) is 25.0 Å². The highest BCUT2D eigenvalue weighted by Gasteiger charge is 2.66. The number of aromatic nitrogens is 2. The molecule has 0 radical (unpaired) electrons. The summed E-state index contributed by atoms with van der Waals surface area (Å²) in [6.45, 7) is -1.09. The molecule has 176 valence electrons. The Labute approximate surface area is 186 Å². The average molecular weight is 466 g/mol. The van der Waals surface area contributed by atoms with Crippen molar-refractivity contribution in [3.05, 3.63) is 41.8 Å². The number of aliphatic hydroxyl groups is 1. The van der Waals surface area contributed by atoms with Crippen LogP contribution in [0.2, 0.25) is 0 Å². The van der Waals surface area contributed by atoms with E-state index in [9.17, 15) is 29.5 Å². The van der Waals surface area contributed by atoms with Gasteiger partial charge in [0.2, 0.25) is 0 Å². The number of alkyl halides is 2. The van der Waals surface area contributed by atoms with Gasteiger partial charge in [-0.15, -0.1) is 0 Å². The topological polar surface area (TPSA) is 157 Å². The number of halogens is 3. The molecule has 1 fully saturated rings. The van der Waals surface area contributed by atoms with E-state index in [0.29, 0.717) is 5.69 Å². The molecule has 2 atom stereocenters. The Morgan fingerprint density at radius 1 is 1.33 bits per heavy atom. The van der Waals surface area contributed by atoms with E-state index in [-0.39, 0.29) is 29.1 Å². The SMILES string of the molecule is N#C[C@@]1(CCCO)[C@H](n2cc(C(N)=O)c(Nc3ccc(F)cc3)n2)CCN(C(=O)O)C1(F)F. The van der Waals surface area contributed by atoms with Crippen molar-refractivity contribution >= 4 is 23.5 Å². The lowest BCUT2D eigenvalue weighted by Gasteiger charge is -2.48. The summed E-state index contributed by atoms with van der Waals surface area (Å²) in [6, 6.07) is 1.15. The lowest BCUT2D eigenvalue weighted by Crippen LogP contribution is -2.63. The van der Waals surface area contributed by atoms with Crippen LogP contribution in [-0.4, -0.2) is 56.1 Å². The number of aliphatic hydroxyl groups excluding tert-OH is 1. The predicted molar refractivity (Wildman–Crippen MR) is 108 cm³/mol. The molecule has 0 aliphatic carbocycles. The number of amides is 2. The van der Waals surface area contributed by atoms with E-state index in [4.69, 9.17) is 5.73 Å². The Bertz CT molecular complexity index is 1080. The number of hydrogen-bond donors (Lipinski definition) is 4. The molecule has 13 heteroatoms. The van der Waals surface area contributed by atoms with Crippen LogP contribution in [0, 0.1) is 22.6 Å². The zero-order valence-electron chi connectivity index (χ0n) is 17.2. The van der Waals surface area contributed by atoms with Gasteiger partial charge in [-0.25, -0.2) is 14.1 Å². The van der Waals surface area contributed by atoms with Gasteiger partial charge in [-0.3, -0.25) is 9.48 Å². The summed E-state index contributed by atoms with van der Waals surface area (Å²) >= 11 is 0. The number of hydrogen-bond acceptors (Lipinski definition) is 6. The number of anilines is 2. The number of nitrogens with two attached hydrogens (primary N) is 1. The zero-order valence-corrected chi connectivity index (χ0v) is 17.2. The van der Waals surface area contributed by atoms with Gasteiger partial charge < -0.3 is 21.3 Å². The first-order valence-corrected chi connectivity index (χ1v) is 9.89. The zero-order chi connectivity index (χ0) is 24.4. The van der Waals surface area contributed by atoms with Crippen LogP contribution in [0.3, 0.4) is 0 Å². The minimum Gasteiger partial charge on any atom is -0.465 e. The lowest BCUT2D eigenvalue weighted by molar-refractivity contribution is -0.235. The fourth-order valence-corrected chi connectivity index (χ4v) is 4.02. The molecule has 1 aromatic carbocycles. The molecule has 1 aliphatic heterocycles. The molecule has 2 heterocycles. The van der Waals surface area contributed by atoms with Crippen LogP contribution in [0.1, 0.15) is 35.7 Å². The summed E-state index contributed by atoms with van der Waals surface area (Å²) in [5.41, 5.74) is 2.99. The standard InChI is InChI=1S/C20H21F3N6O4/c21-12-2-4-13(5-3-12)26-17-14(16(25)31)10-29(27-17)15-6-8-28(18(32)33)20(22,23)19(15,11-24)7-1-9-30/h2-5,10,15,30H,1,6-9H2,(H2,25,31)(H,26,27)(H,32,33)/t15-,19+/m1/s1. The molecule has 10 nitrogen and oxygen atoms in total. The number of nitriles is 1. The number of carbonyl (C=O) groups excluding carboxylic acids is 1. The van der Waals surface area contributed by atoms with Crippen molar-refractivity contribution in [2.24, 2.45) is 11.1 Å². The highest BCUT2D eigenvalue weighted by molar-refractivity contribution is 5.98. The molecular formula is C20H21F3N6O4. The highest BCUT2D eigenvalue weighted by Crippen LogP contribution is 2.54. The van der Waals surface area contributed by atoms with Gasteiger partial charge in [0.15, 0.2) is 11.2 Å². The van der Waals surface area contributed by atoms with Crippen LogP contribution in [0.5, 0.6) is 0 Å². The van der Waals surface area contributed by atoms with Gasteiger partial charge >= 0.3 is 12.1 Å². The third-order valence-electron chi connectivity index (χ3n) is 5.65. The van der Waals surface area contributed by atoms with Crippen molar-refractivity contribution in [3.63, 3.8) is 0 Å². The van der Waals surface area contributed by atoms with Gasteiger partial charge in [-0.1, -0.05) is 0 Å². The Morgan fingerprint density at radius 3 is 2.55 bits per heavy atom. The number of nitrogens with one attached hydrogen (secondary N) is 1. The molecule has 1 aliphatic rings. The van der Waals surface area contributed by atoms with E-state index in [1.807, 2.05) is 0 Å². The fourth-order valence-electron chi connectivity index (χ4n) is 4.02. The molecule has 1 aromatic heterocycles. The second kappa shape index (κ2) is 8.99. The number of carbonyl (C=O) groups is 2. The van der Waals surface area contributed by atoms with E-state index < -0.39 is 54.9 Å². The summed E-state index contributed by atoms with van der Waals surface area (Å²) in [6.07, 6.45) is -1.72. The summed E-state index contributed by atoms with van der Waals surface area (Å²) in [5.74, 6) is -1.54. The van der Waals surface area contributed by atoms with Crippen LogP contribution in [-0.2, 0) is 0 Å². The van der Waals surface area contributed by atoms with Crippen LogP contribution in [0.25, 0.3) is 0 Å². The summed E-state index contributed by atoms with van der Waals surface area (Å²) in [4.78, 5) is 23.3. The maximum Gasteiger partial charge on any atom is 0.411 e. The fraction of sp³-hybridized carbons (Fsp3) is 0.400. The van der Waals surface area contributed by atoms with Crippen molar-refractivity contribution in [1.29, 1.82) is 5.26 Å². The van der Waals surface area contributed by atoms with Crippen molar-refractivity contribution in [3.8, 4) is 6.07 Å². The van der Waals surface area contributed by atoms with Crippen molar-refractivity contribution < 1.29 is 33.0 Å². The van der Waals surface area contributed by atoms with Gasteiger partial charge in [0.05, 0.1) is 12.1 Å². The number of nitrogens with zero attached hydrogens (tertiary/aromatic N) is 4. The molecule has 3 rings (SSSR count). The molecule has 2 aromatic rings. The Kier molecular flexibility index (Phi) is 6.50. The van der Waals surface area contributed by atoms with E-state index >= 15 is 8.78 Å². The number of rotatable bonds is 7. The molecule has 0 spiro atoms. The molecular weight excluding hydrogens is 445 g/mol. The normalized spacial score (nSPS) is 21.9. The second-order valence-electron chi connectivity index (χ2n) is 7.56. The first kappa shape index (κ1) is 23.9. The van der Waals surface area contributed by atoms with Gasteiger partial charge in [-0.05, 0) is 43.5 Å². The van der Waals surface area contributed by atoms with Crippen LogP contribution in [0.15, 0.2) is 30.5 Å². The summed E-state index contributed by atoms with van der Waals surface area (Å²) < 4.78 is 45.0. The largest absolute Gasteiger partial charge is 0.465 e. The molecule has 0 unspecified atom stereocenters. The molecule has 0 saturated carbocycles. The minimum absolute atomic E-state index is 0.0970. The Morgan fingerprint density at radius 2 is 2.00 bits per heavy atom. The molecule has 2 amide bonds. The van der Waals surface area contributed by atoms with E-state index in [0.717, 1.165) is 23.0 Å². The van der Waals surface area contributed by atoms with Gasteiger partial charge in [0.1, 0.15) is 11.4 Å². The first-order valence-electron chi connectivity index (χ1n) is 9.89. The maximum atomic E-state index is 15.4. The monoisotopic (exact) mass is 466 g/mol. The van der Waals surface area contributed by atoms with Gasteiger partial charge in [0.25, 0.3) is 5.91 Å².